The van der Waals surface area contributed by atoms with Crippen LogP contribution in [0.1, 0.15) is 98.8 Å². The van der Waals surface area contributed by atoms with Gasteiger partial charge in [0, 0.05) is 0 Å². The number of carbonyl (C=O) groups is 1. The molecule has 1 aliphatic rings. The van der Waals surface area contributed by atoms with Crippen molar-refractivity contribution in [2.24, 2.45) is 11.8 Å². The van der Waals surface area contributed by atoms with Gasteiger partial charge in [-0.25, -0.2) is 0 Å². The molecule has 0 saturated heterocycles. The number of hydrogen-bond donors (Lipinski definition) is 0. The molecule has 3 heteroatoms. The summed E-state index contributed by atoms with van der Waals surface area (Å²) in [6, 6.07) is 0. The van der Waals surface area contributed by atoms with Gasteiger partial charge in [0.15, 0.2) is 0 Å². The van der Waals surface area contributed by atoms with E-state index in [-0.39, 0.29) is 11.9 Å². The van der Waals surface area contributed by atoms with Crippen LogP contribution in [0.5, 0.6) is 0 Å². The van der Waals surface area contributed by atoms with Crippen LogP contribution in [0.4, 0.5) is 0 Å². The van der Waals surface area contributed by atoms with Crippen LogP contribution in [0.3, 0.4) is 0 Å². The van der Waals surface area contributed by atoms with E-state index in [1.807, 2.05) is 6.92 Å². The van der Waals surface area contributed by atoms with Gasteiger partial charge in [0.1, 0.15) is 0 Å². The molecule has 0 heterocycles. The fourth-order valence-corrected chi connectivity index (χ4v) is 25.9. The second kappa shape index (κ2) is 13.4. The number of ether oxygens (including phenoxy) is 1. The molecular formula is C23H46O2Sn. The number of esters is 1. The molecule has 0 aliphatic heterocycles. The van der Waals surface area contributed by atoms with Crippen molar-refractivity contribution in [3.63, 3.8) is 0 Å². The summed E-state index contributed by atoms with van der Waals surface area (Å²) in [4.78, 5) is 12.7. The zero-order valence-electron chi connectivity index (χ0n) is 18.4. The van der Waals surface area contributed by atoms with Crippen LogP contribution in [0, 0.1) is 11.8 Å². The molecule has 26 heavy (non-hydrogen) atoms. The summed E-state index contributed by atoms with van der Waals surface area (Å²) >= 11 is -2.32. The van der Waals surface area contributed by atoms with E-state index in [0.717, 1.165) is 3.93 Å². The van der Waals surface area contributed by atoms with Gasteiger partial charge < -0.3 is 0 Å². The Labute approximate surface area is 168 Å². The molecule has 1 fully saturated rings. The van der Waals surface area contributed by atoms with Crippen LogP contribution < -0.4 is 0 Å². The van der Waals surface area contributed by atoms with E-state index < -0.39 is 18.4 Å². The zero-order chi connectivity index (χ0) is 19.4. The number of hydrogen-bond acceptors (Lipinski definition) is 2. The van der Waals surface area contributed by atoms with E-state index in [9.17, 15) is 4.79 Å². The van der Waals surface area contributed by atoms with E-state index in [0.29, 0.717) is 12.5 Å². The van der Waals surface area contributed by atoms with Gasteiger partial charge in [-0.3, -0.25) is 0 Å². The van der Waals surface area contributed by atoms with Crippen molar-refractivity contribution in [3.8, 4) is 0 Å². The molecule has 1 aliphatic carbocycles. The Morgan fingerprint density at radius 3 is 1.69 bits per heavy atom. The summed E-state index contributed by atoms with van der Waals surface area (Å²) in [5.41, 5.74) is 0. The van der Waals surface area contributed by atoms with Crippen molar-refractivity contribution >= 4 is 24.3 Å². The Hall–Kier alpha value is 0.269. The van der Waals surface area contributed by atoms with E-state index in [1.165, 1.54) is 77.5 Å². The maximum atomic E-state index is 12.7. The molecular weight excluding hydrogens is 427 g/mol. The topological polar surface area (TPSA) is 26.3 Å². The molecule has 3 atom stereocenters. The normalized spacial score (nSPS) is 22.4. The quantitative estimate of drug-likeness (QED) is 0.131. The zero-order valence-corrected chi connectivity index (χ0v) is 21.3. The summed E-state index contributed by atoms with van der Waals surface area (Å²) in [6.07, 6.45) is 13.3. The first-order chi connectivity index (χ1) is 12.6. The number of carbonyl (C=O) groups excluding carboxylic acids is 1. The van der Waals surface area contributed by atoms with Gasteiger partial charge in [-0.15, -0.1) is 0 Å². The second-order valence-corrected chi connectivity index (χ2v) is 22.6. The molecule has 0 aromatic rings. The summed E-state index contributed by atoms with van der Waals surface area (Å²) < 4.78 is 10.9. The van der Waals surface area contributed by atoms with Crippen LogP contribution >= 0.6 is 0 Å². The third-order valence-electron chi connectivity index (χ3n) is 6.66. The molecule has 0 amide bonds. The van der Waals surface area contributed by atoms with Gasteiger partial charge in [0.2, 0.25) is 0 Å². The molecule has 0 radical (unpaired) electrons. The minimum absolute atomic E-state index is 0.157. The van der Waals surface area contributed by atoms with E-state index in [1.54, 1.807) is 0 Å². The average Bonchev–Trinajstić information content (AvgIpc) is 3.37. The summed E-state index contributed by atoms with van der Waals surface area (Å²) in [6.45, 7) is 11.8. The Bertz CT molecular complexity index is 361. The van der Waals surface area contributed by atoms with Crippen molar-refractivity contribution < 1.29 is 9.53 Å². The van der Waals surface area contributed by atoms with Gasteiger partial charge in [-0.05, 0) is 0 Å². The van der Waals surface area contributed by atoms with Crippen LogP contribution in [0.15, 0.2) is 0 Å². The fourth-order valence-electron chi connectivity index (χ4n) is 5.22. The molecule has 0 aromatic heterocycles. The Kier molecular flexibility index (Phi) is 12.6. The third-order valence-corrected chi connectivity index (χ3v) is 24.5. The van der Waals surface area contributed by atoms with E-state index in [4.69, 9.17) is 4.74 Å². The van der Waals surface area contributed by atoms with Crippen molar-refractivity contribution in [1.82, 2.24) is 0 Å². The van der Waals surface area contributed by atoms with Crippen molar-refractivity contribution in [1.29, 1.82) is 0 Å². The second-order valence-electron chi connectivity index (χ2n) is 8.64. The van der Waals surface area contributed by atoms with Crippen molar-refractivity contribution in [2.45, 2.75) is 116 Å². The van der Waals surface area contributed by atoms with Crippen LogP contribution in [0.2, 0.25) is 17.2 Å². The minimum atomic E-state index is -2.32. The summed E-state index contributed by atoms with van der Waals surface area (Å²) in [5.74, 6) is 1.12. The molecule has 1 unspecified atom stereocenters. The summed E-state index contributed by atoms with van der Waals surface area (Å²) in [7, 11) is 0. The summed E-state index contributed by atoms with van der Waals surface area (Å²) in [5, 5.41) is 0. The molecule has 2 nitrogen and oxygen atoms in total. The van der Waals surface area contributed by atoms with E-state index in [2.05, 4.69) is 27.7 Å². The van der Waals surface area contributed by atoms with E-state index >= 15 is 0 Å². The molecule has 1 saturated carbocycles. The number of unbranched alkanes of at least 4 members (excludes halogenated alkanes) is 5. The monoisotopic (exact) mass is 474 g/mol. The first-order valence-electron chi connectivity index (χ1n) is 11.8. The Morgan fingerprint density at radius 2 is 1.27 bits per heavy atom. The maximum absolute atomic E-state index is 12.7. The molecule has 0 aromatic carbocycles. The molecule has 0 bridgehead atoms. The van der Waals surface area contributed by atoms with Crippen molar-refractivity contribution in [3.05, 3.63) is 0 Å². The first-order valence-corrected chi connectivity index (χ1v) is 19.5. The van der Waals surface area contributed by atoms with Crippen LogP contribution in [-0.4, -0.2) is 31.0 Å². The third kappa shape index (κ3) is 7.02. The van der Waals surface area contributed by atoms with Crippen LogP contribution in [-0.2, 0) is 9.53 Å². The fraction of sp³-hybridized carbons (Fsp3) is 0.957. The van der Waals surface area contributed by atoms with Gasteiger partial charge in [-0.2, -0.15) is 0 Å². The van der Waals surface area contributed by atoms with Gasteiger partial charge in [0.05, 0.1) is 0 Å². The SMILES string of the molecule is CCCCC[C@@H]1[CH]([Sn]([CH2]CCC)([CH2]CCC)[CH2]CCC)[C@@H]1C(=O)OCC. The van der Waals surface area contributed by atoms with Crippen molar-refractivity contribution in [2.75, 3.05) is 6.61 Å². The Balaban J connectivity index is 3.00. The van der Waals surface area contributed by atoms with Gasteiger partial charge in [0.25, 0.3) is 0 Å². The average molecular weight is 473 g/mol. The molecule has 1 rings (SSSR count). The predicted octanol–water partition coefficient (Wildman–Crippen LogP) is 7.60. The number of rotatable bonds is 16. The molecule has 0 spiro atoms. The molecule has 154 valence electrons. The van der Waals surface area contributed by atoms with Crippen LogP contribution in [0.25, 0.3) is 0 Å². The van der Waals surface area contributed by atoms with Gasteiger partial charge >= 0.3 is 168 Å². The Morgan fingerprint density at radius 1 is 0.769 bits per heavy atom. The standard InChI is InChI=1S/C11H19O2.3C4H9.Sn/c1-3-5-6-7-9-8-10(9)11(12)13-4-2;3*1-3-4-2;/h8-10H,3-7H2,1-2H3;3*1,3-4H2,2H3;/t9-,10+;;;;/m1..../s1. The first kappa shape index (κ1) is 24.3. The predicted molar refractivity (Wildman–Crippen MR) is 116 cm³/mol. The molecule has 0 N–H and O–H groups in total. The van der Waals surface area contributed by atoms with Gasteiger partial charge in [-0.1, -0.05) is 0 Å².